The molecular formula is C13H18N2O4. The van der Waals surface area contributed by atoms with Crippen LogP contribution in [0.15, 0.2) is 10.6 Å². The second-order valence-corrected chi connectivity index (χ2v) is 5.90. The van der Waals surface area contributed by atoms with Gasteiger partial charge in [-0.2, -0.15) is 0 Å². The largest absolute Gasteiger partial charge is 0.481 e. The minimum absolute atomic E-state index is 0.208. The molecule has 6 heteroatoms. The Balaban J connectivity index is 2.09. The van der Waals surface area contributed by atoms with Crippen molar-refractivity contribution in [3.05, 3.63) is 17.5 Å². The van der Waals surface area contributed by atoms with Crippen LogP contribution in [0.25, 0.3) is 0 Å². The molecular weight excluding hydrogens is 248 g/mol. The molecule has 1 aliphatic heterocycles. The van der Waals surface area contributed by atoms with Gasteiger partial charge in [-0.1, -0.05) is 25.9 Å². The lowest BCUT2D eigenvalue weighted by Crippen LogP contribution is -2.30. The van der Waals surface area contributed by atoms with Crippen molar-refractivity contribution in [3.63, 3.8) is 0 Å². The van der Waals surface area contributed by atoms with E-state index in [-0.39, 0.29) is 23.6 Å². The van der Waals surface area contributed by atoms with Crippen LogP contribution in [0.1, 0.15) is 43.4 Å². The first-order chi connectivity index (χ1) is 8.79. The predicted octanol–water partition coefficient (Wildman–Crippen LogP) is 1.52. The Kier molecular flexibility index (Phi) is 3.34. The van der Waals surface area contributed by atoms with E-state index in [0.29, 0.717) is 18.7 Å². The highest BCUT2D eigenvalue weighted by Crippen LogP contribution is 2.24. The van der Waals surface area contributed by atoms with Crippen molar-refractivity contribution in [2.45, 2.75) is 32.6 Å². The summed E-state index contributed by atoms with van der Waals surface area (Å²) in [4.78, 5) is 24.6. The monoisotopic (exact) mass is 266 g/mol. The van der Waals surface area contributed by atoms with Crippen molar-refractivity contribution in [2.75, 3.05) is 13.1 Å². The molecule has 0 aromatic carbocycles. The summed E-state index contributed by atoms with van der Waals surface area (Å²) in [7, 11) is 0. The van der Waals surface area contributed by atoms with E-state index in [0.717, 1.165) is 0 Å². The van der Waals surface area contributed by atoms with Gasteiger partial charge in [0.1, 0.15) is 5.76 Å². The molecule has 1 amide bonds. The fourth-order valence-electron chi connectivity index (χ4n) is 2.04. The minimum atomic E-state index is -0.856. The number of rotatable bonds is 2. The van der Waals surface area contributed by atoms with Gasteiger partial charge in [0.2, 0.25) is 0 Å². The first kappa shape index (κ1) is 13.6. The van der Waals surface area contributed by atoms with Gasteiger partial charge in [-0.25, -0.2) is 0 Å². The number of hydrogen-bond acceptors (Lipinski definition) is 4. The molecule has 0 aliphatic carbocycles. The molecule has 1 saturated heterocycles. The summed E-state index contributed by atoms with van der Waals surface area (Å²) in [5, 5.41) is 12.7. The third kappa shape index (κ3) is 2.77. The van der Waals surface area contributed by atoms with Gasteiger partial charge in [0.15, 0.2) is 5.69 Å². The van der Waals surface area contributed by atoms with Crippen molar-refractivity contribution >= 4 is 11.9 Å². The number of nitrogens with zero attached hydrogens (tertiary/aromatic N) is 2. The van der Waals surface area contributed by atoms with Crippen LogP contribution in [0.3, 0.4) is 0 Å². The van der Waals surface area contributed by atoms with Crippen molar-refractivity contribution in [1.82, 2.24) is 10.1 Å². The van der Waals surface area contributed by atoms with Gasteiger partial charge < -0.3 is 14.5 Å². The summed E-state index contributed by atoms with van der Waals surface area (Å²) in [6.07, 6.45) is 0.491. The summed E-state index contributed by atoms with van der Waals surface area (Å²) >= 11 is 0. The Bertz CT molecular complexity index is 501. The van der Waals surface area contributed by atoms with E-state index in [1.807, 2.05) is 20.8 Å². The minimum Gasteiger partial charge on any atom is -0.481 e. The highest BCUT2D eigenvalue weighted by molar-refractivity contribution is 5.93. The lowest BCUT2D eigenvalue weighted by Gasteiger charge is -2.14. The SMILES string of the molecule is CC(C)(C)c1cc(C(=O)N2CCC(C(=O)O)C2)no1. The summed E-state index contributed by atoms with van der Waals surface area (Å²) in [5.41, 5.74) is 0.0381. The van der Waals surface area contributed by atoms with E-state index < -0.39 is 11.9 Å². The first-order valence-corrected chi connectivity index (χ1v) is 6.28. The molecule has 2 rings (SSSR count). The van der Waals surface area contributed by atoms with Crippen LogP contribution in [-0.4, -0.2) is 40.1 Å². The Labute approximate surface area is 111 Å². The number of amides is 1. The summed E-state index contributed by atoms with van der Waals surface area (Å²) in [6, 6.07) is 1.64. The molecule has 1 aromatic rings. The zero-order valence-corrected chi connectivity index (χ0v) is 11.3. The second kappa shape index (κ2) is 4.68. The van der Waals surface area contributed by atoms with Gasteiger partial charge in [-0.3, -0.25) is 9.59 Å². The van der Waals surface area contributed by atoms with Gasteiger partial charge in [0.25, 0.3) is 5.91 Å². The molecule has 0 bridgehead atoms. The Hall–Kier alpha value is -1.85. The van der Waals surface area contributed by atoms with E-state index in [2.05, 4.69) is 5.16 Å². The van der Waals surface area contributed by atoms with E-state index in [9.17, 15) is 9.59 Å². The molecule has 1 unspecified atom stereocenters. The molecule has 1 N–H and O–H groups in total. The quantitative estimate of drug-likeness (QED) is 0.877. The predicted molar refractivity (Wildman–Crippen MR) is 66.8 cm³/mol. The van der Waals surface area contributed by atoms with Crippen LogP contribution in [0.4, 0.5) is 0 Å². The number of carboxylic acid groups (broad SMARTS) is 1. The number of aromatic nitrogens is 1. The molecule has 0 saturated carbocycles. The summed E-state index contributed by atoms with van der Waals surface area (Å²) < 4.78 is 5.17. The van der Waals surface area contributed by atoms with E-state index in [4.69, 9.17) is 9.63 Å². The number of hydrogen-bond donors (Lipinski definition) is 1. The van der Waals surface area contributed by atoms with Gasteiger partial charge in [-0.05, 0) is 6.42 Å². The molecule has 0 spiro atoms. The smallest absolute Gasteiger partial charge is 0.308 e. The van der Waals surface area contributed by atoms with Crippen LogP contribution in [0, 0.1) is 5.92 Å². The average molecular weight is 266 g/mol. The number of carbonyl (C=O) groups excluding carboxylic acids is 1. The van der Waals surface area contributed by atoms with Crippen molar-refractivity contribution in [3.8, 4) is 0 Å². The number of aliphatic carboxylic acids is 1. The fourth-order valence-corrected chi connectivity index (χ4v) is 2.04. The zero-order chi connectivity index (χ0) is 14.2. The zero-order valence-electron chi connectivity index (χ0n) is 11.3. The number of carboxylic acids is 1. The third-order valence-electron chi connectivity index (χ3n) is 3.29. The van der Waals surface area contributed by atoms with Crippen molar-refractivity contribution in [1.29, 1.82) is 0 Å². The maximum atomic E-state index is 12.2. The lowest BCUT2D eigenvalue weighted by atomic mass is 9.93. The molecule has 2 heterocycles. The molecule has 1 fully saturated rings. The highest BCUT2D eigenvalue weighted by atomic mass is 16.5. The van der Waals surface area contributed by atoms with E-state index >= 15 is 0 Å². The van der Waals surface area contributed by atoms with Gasteiger partial charge >= 0.3 is 5.97 Å². The second-order valence-electron chi connectivity index (χ2n) is 5.90. The summed E-state index contributed by atoms with van der Waals surface area (Å²) in [5.74, 6) is -0.948. The third-order valence-corrected chi connectivity index (χ3v) is 3.29. The van der Waals surface area contributed by atoms with Gasteiger partial charge in [0.05, 0.1) is 5.92 Å². The van der Waals surface area contributed by atoms with Crippen LogP contribution in [0.2, 0.25) is 0 Å². The molecule has 6 nitrogen and oxygen atoms in total. The fraction of sp³-hybridized carbons (Fsp3) is 0.615. The summed E-state index contributed by atoms with van der Waals surface area (Å²) in [6.45, 7) is 6.60. The van der Waals surface area contributed by atoms with E-state index in [1.54, 1.807) is 6.07 Å². The molecule has 104 valence electrons. The van der Waals surface area contributed by atoms with Crippen LogP contribution >= 0.6 is 0 Å². The van der Waals surface area contributed by atoms with Gasteiger partial charge in [0, 0.05) is 24.6 Å². The van der Waals surface area contributed by atoms with Gasteiger partial charge in [-0.15, -0.1) is 0 Å². The maximum Gasteiger partial charge on any atom is 0.308 e. The Morgan fingerprint density at radius 1 is 1.47 bits per heavy atom. The number of likely N-dealkylation sites (tertiary alicyclic amines) is 1. The normalized spacial score (nSPS) is 19.7. The van der Waals surface area contributed by atoms with Crippen LogP contribution in [-0.2, 0) is 10.2 Å². The topological polar surface area (TPSA) is 83.6 Å². The molecule has 19 heavy (non-hydrogen) atoms. The lowest BCUT2D eigenvalue weighted by molar-refractivity contribution is -0.141. The number of carbonyl (C=O) groups is 2. The van der Waals surface area contributed by atoms with Crippen molar-refractivity contribution in [2.24, 2.45) is 5.92 Å². The Morgan fingerprint density at radius 3 is 2.63 bits per heavy atom. The van der Waals surface area contributed by atoms with Crippen LogP contribution in [0.5, 0.6) is 0 Å². The average Bonchev–Trinajstić information content (AvgIpc) is 2.97. The van der Waals surface area contributed by atoms with Crippen molar-refractivity contribution < 1.29 is 19.2 Å². The Morgan fingerprint density at radius 2 is 2.16 bits per heavy atom. The molecule has 1 aromatic heterocycles. The standard InChI is InChI=1S/C13H18N2O4/c1-13(2,3)10-6-9(14-19-10)11(16)15-5-4-8(7-15)12(17)18/h6,8H,4-5,7H2,1-3H3,(H,17,18). The molecule has 1 atom stereocenters. The maximum absolute atomic E-state index is 12.2. The van der Waals surface area contributed by atoms with E-state index in [1.165, 1.54) is 4.90 Å². The molecule has 0 radical (unpaired) electrons. The highest BCUT2D eigenvalue weighted by Gasteiger charge is 2.33. The van der Waals surface area contributed by atoms with Crippen LogP contribution < -0.4 is 0 Å². The molecule has 1 aliphatic rings. The first-order valence-electron chi connectivity index (χ1n) is 6.28.